The zero-order chi connectivity index (χ0) is 27.9. The number of hydrogen-bond donors (Lipinski definition) is 0. The van der Waals surface area contributed by atoms with Gasteiger partial charge in [-0.1, -0.05) is 153 Å². The number of benzene rings is 3. The van der Waals surface area contributed by atoms with Gasteiger partial charge in [-0.2, -0.15) is 0 Å². The highest BCUT2D eigenvalue weighted by molar-refractivity contribution is 5.66. The van der Waals surface area contributed by atoms with E-state index in [2.05, 4.69) is 102 Å². The van der Waals surface area contributed by atoms with Crippen molar-refractivity contribution in [3.8, 4) is 34.2 Å². The largest absolute Gasteiger partial charge is 0.208 e. The first-order valence-electron chi connectivity index (χ1n) is 14.8. The summed E-state index contributed by atoms with van der Waals surface area (Å²) in [4.78, 5) is 14.8. The quantitative estimate of drug-likeness (QED) is 0.175. The highest BCUT2D eigenvalue weighted by Crippen LogP contribution is 2.33. The summed E-state index contributed by atoms with van der Waals surface area (Å²) >= 11 is 0. The first-order valence-corrected chi connectivity index (χ1v) is 14.8. The maximum absolute atomic E-state index is 4.97. The predicted molar refractivity (Wildman–Crippen MR) is 166 cm³/mol. The second-order valence-electron chi connectivity index (χ2n) is 12.2. The summed E-state index contributed by atoms with van der Waals surface area (Å²) in [7, 11) is 0. The molecule has 0 aliphatic heterocycles. The van der Waals surface area contributed by atoms with Crippen LogP contribution in [0.3, 0.4) is 0 Å². The minimum Gasteiger partial charge on any atom is -0.208 e. The van der Waals surface area contributed by atoms with Crippen LogP contribution in [0.4, 0.5) is 0 Å². The Balaban J connectivity index is 1.69. The van der Waals surface area contributed by atoms with Gasteiger partial charge in [-0.05, 0) is 34.8 Å². The molecule has 3 aromatic carbocycles. The van der Waals surface area contributed by atoms with Crippen molar-refractivity contribution in [3.05, 3.63) is 90.0 Å². The second-order valence-corrected chi connectivity index (χ2v) is 12.2. The van der Waals surface area contributed by atoms with Crippen LogP contribution in [0, 0.1) is 0 Å². The van der Waals surface area contributed by atoms with E-state index < -0.39 is 0 Å². The lowest BCUT2D eigenvalue weighted by Crippen LogP contribution is -2.16. The van der Waals surface area contributed by atoms with E-state index in [0.29, 0.717) is 17.5 Å². The first kappa shape index (κ1) is 28.7. The van der Waals surface area contributed by atoms with E-state index in [9.17, 15) is 0 Å². The van der Waals surface area contributed by atoms with Crippen LogP contribution in [0.2, 0.25) is 0 Å². The maximum Gasteiger partial charge on any atom is 0.164 e. The summed E-state index contributed by atoms with van der Waals surface area (Å²) in [5.74, 6) is 2.12. The van der Waals surface area contributed by atoms with E-state index in [1.807, 2.05) is 18.2 Å². The van der Waals surface area contributed by atoms with Gasteiger partial charge in [-0.15, -0.1) is 0 Å². The van der Waals surface area contributed by atoms with Crippen LogP contribution in [-0.2, 0) is 10.8 Å². The Morgan fingerprint density at radius 3 is 1.26 bits per heavy atom. The molecule has 0 unspecified atom stereocenters. The average molecular weight is 520 g/mol. The van der Waals surface area contributed by atoms with E-state index in [1.165, 1.54) is 56.1 Å². The molecule has 204 valence electrons. The lowest BCUT2D eigenvalue weighted by molar-refractivity contribution is 0.450. The molecule has 0 saturated heterocycles. The number of nitrogens with zero attached hydrogens (tertiary/aromatic N) is 3. The van der Waals surface area contributed by atoms with E-state index >= 15 is 0 Å². The van der Waals surface area contributed by atoms with Gasteiger partial charge in [-0.25, -0.2) is 15.0 Å². The van der Waals surface area contributed by atoms with Crippen molar-refractivity contribution in [3.63, 3.8) is 0 Å². The molecule has 0 fully saturated rings. The fourth-order valence-corrected chi connectivity index (χ4v) is 5.22. The third-order valence-electron chi connectivity index (χ3n) is 8.08. The van der Waals surface area contributed by atoms with Crippen LogP contribution in [0.5, 0.6) is 0 Å². The molecule has 3 nitrogen and oxygen atoms in total. The van der Waals surface area contributed by atoms with E-state index in [0.717, 1.165) is 16.7 Å². The maximum atomic E-state index is 4.97. The fourth-order valence-electron chi connectivity index (χ4n) is 5.22. The van der Waals surface area contributed by atoms with Crippen LogP contribution in [0.25, 0.3) is 34.2 Å². The topological polar surface area (TPSA) is 38.7 Å². The first-order chi connectivity index (χ1) is 18.7. The van der Waals surface area contributed by atoms with E-state index in [-0.39, 0.29) is 10.8 Å². The molecule has 39 heavy (non-hydrogen) atoms. The molecule has 3 heteroatoms. The van der Waals surface area contributed by atoms with Crippen LogP contribution >= 0.6 is 0 Å². The highest BCUT2D eigenvalue weighted by Gasteiger charge is 2.22. The van der Waals surface area contributed by atoms with Crippen LogP contribution < -0.4 is 0 Å². The molecular weight excluding hydrogens is 474 g/mol. The molecule has 0 bridgehead atoms. The van der Waals surface area contributed by atoms with Gasteiger partial charge in [0.25, 0.3) is 0 Å². The van der Waals surface area contributed by atoms with Crippen molar-refractivity contribution in [2.45, 2.75) is 97.3 Å². The molecule has 0 atom stereocenters. The van der Waals surface area contributed by atoms with Crippen LogP contribution in [0.15, 0.2) is 78.9 Å². The van der Waals surface area contributed by atoms with Crippen molar-refractivity contribution in [2.24, 2.45) is 0 Å². The van der Waals surface area contributed by atoms with Gasteiger partial charge in [0.15, 0.2) is 17.5 Å². The smallest absolute Gasteiger partial charge is 0.164 e. The lowest BCUT2D eigenvalue weighted by Gasteiger charge is -2.25. The number of rotatable bonds is 12. The number of hydrogen-bond acceptors (Lipinski definition) is 3. The Morgan fingerprint density at radius 2 is 0.846 bits per heavy atom. The summed E-state index contributed by atoms with van der Waals surface area (Å²) in [5.41, 5.74) is 6.05. The SMILES string of the molecule is CCCCCC(C)(C)c1ccc(-c2nc(-c3ccccc3)nc(-c3ccc(C(C)(C)CCCC)cc3)n2)cc1. The summed E-state index contributed by atoms with van der Waals surface area (Å²) in [6.07, 6.45) is 8.63. The number of unbranched alkanes of at least 4 members (excludes halogenated alkanes) is 3. The minimum atomic E-state index is 0.153. The van der Waals surface area contributed by atoms with Gasteiger partial charge in [0.1, 0.15) is 0 Å². The zero-order valence-corrected chi connectivity index (χ0v) is 24.8. The van der Waals surface area contributed by atoms with Gasteiger partial charge >= 0.3 is 0 Å². The molecule has 0 aliphatic rings. The average Bonchev–Trinajstić information content (AvgIpc) is 2.96. The highest BCUT2D eigenvalue weighted by atomic mass is 15.0. The summed E-state index contributed by atoms with van der Waals surface area (Å²) in [6, 6.07) is 27.9. The summed E-state index contributed by atoms with van der Waals surface area (Å²) in [5, 5.41) is 0. The van der Waals surface area contributed by atoms with Crippen LogP contribution in [0.1, 0.15) is 97.6 Å². The normalized spacial score (nSPS) is 12.1. The molecule has 0 N–H and O–H groups in total. The molecule has 0 amide bonds. The van der Waals surface area contributed by atoms with Crippen molar-refractivity contribution >= 4 is 0 Å². The van der Waals surface area contributed by atoms with Crippen molar-refractivity contribution in [1.29, 1.82) is 0 Å². The third-order valence-corrected chi connectivity index (χ3v) is 8.08. The van der Waals surface area contributed by atoms with Gasteiger partial charge in [-0.3, -0.25) is 0 Å². The summed E-state index contributed by atoms with van der Waals surface area (Å²) < 4.78 is 0. The second kappa shape index (κ2) is 12.7. The molecule has 1 aromatic heterocycles. The molecule has 0 radical (unpaired) electrons. The van der Waals surface area contributed by atoms with Crippen molar-refractivity contribution in [1.82, 2.24) is 15.0 Å². The van der Waals surface area contributed by atoms with Crippen molar-refractivity contribution in [2.75, 3.05) is 0 Å². The third kappa shape index (κ3) is 7.20. The molecule has 4 aromatic rings. The van der Waals surface area contributed by atoms with E-state index in [1.54, 1.807) is 0 Å². The Hall–Kier alpha value is -3.33. The molecule has 4 rings (SSSR count). The molecule has 0 spiro atoms. The Bertz CT molecular complexity index is 1320. The molecule has 0 saturated carbocycles. The van der Waals surface area contributed by atoms with E-state index in [4.69, 9.17) is 15.0 Å². The standard InChI is InChI=1S/C36H45N3/c1-7-9-14-26-36(5,6)31-23-19-29(20-24-31)34-38-32(27-15-12-11-13-16-27)37-33(39-34)28-17-21-30(22-18-28)35(3,4)25-10-8-2/h11-13,15-24H,7-10,14,25-26H2,1-6H3. The van der Waals surface area contributed by atoms with Crippen molar-refractivity contribution < 1.29 is 0 Å². The predicted octanol–water partition coefficient (Wildman–Crippen LogP) is 10.2. The molecule has 1 heterocycles. The van der Waals surface area contributed by atoms with Gasteiger partial charge in [0, 0.05) is 16.7 Å². The van der Waals surface area contributed by atoms with Gasteiger partial charge in [0.05, 0.1) is 0 Å². The fraction of sp³-hybridized carbons (Fsp3) is 0.417. The Labute approximate surface area is 236 Å². The lowest BCUT2D eigenvalue weighted by atomic mass is 9.80. The van der Waals surface area contributed by atoms with Crippen LogP contribution in [-0.4, -0.2) is 15.0 Å². The minimum absolute atomic E-state index is 0.153. The molecular formula is C36H45N3. The zero-order valence-electron chi connectivity index (χ0n) is 24.8. The summed E-state index contributed by atoms with van der Waals surface area (Å²) in [6.45, 7) is 13.9. The monoisotopic (exact) mass is 519 g/mol. The Kier molecular flexibility index (Phi) is 9.32. The van der Waals surface area contributed by atoms with Gasteiger partial charge < -0.3 is 0 Å². The van der Waals surface area contributed by atoms with Gasteiger partial charge in [0.2, 0.25) is 0 Å². The Morgan fingerprint density at radius 1 is 0.462 bits per heavy atom. The number of aromatic nitrogens is 3. The molecule has 0 aliphatic carbocycles.